The zero-order valence-electron chi connectivity index (χ0n) is 6.91. The third kappa shape index (κ3) is 2.43. The molecular formula is C7H11NO2S2. The molecule has 1 aliphatic rings. The fourth-order valence-corrected chi connectivity index (χ4v) is 2.09. The number of amides is 1. The summed E-state index contributed by atoms with van der Waals surface area (Å²) in [5, 5.41) is 0. The van der Waals surface area contributed by atoms with Gasteiger partial charge >= 0.3 is 0 Å². The minimum atomic E-state index is 0.126. The first-order valence-corrected chi connectivity index (χ1v) is 5.11. The lowest BCUT2D eigenvalue weighted by Crippen LogP contribution is -2.29. The minimum absolute atomic E-state index is 0.126. The van der Waals surface area contributed by atoms with E-state index in [0.717, 1.165) is 6.42 Å². The van der Waals surface area contributed by atoms with Crippen molar-refractivity contribution in [2.45, 2.75) is 6.42 Å². The SMILES string of the molecule is COCCCN1C(=O)CSC1=S. The molecule has 0 aromatic heterocycles. The summed E-state index contributed by atoms with van der Waals surface area (Å²) in [6.07, 6.45) is 0.850. The van der Waals surface area contributed by atoms with E-state index < -0.39 is 0 Å². The van der Waals surface area contributed by atoms with Crippen LogP contribution in [0.1, 0.15) is 6.42 Å². The first-order chi connectivity index (χ1) is 5.75. The maximum Gasteiger partial charge on any atom is 0.238 e. The van der Waals surface area contributed by atoms with Gasteiger partial charge in [0.1, 0.15) is 4.32 Å². The lowest BCUT2D eigenvalue weighted by molar-refractivity contribution is -0.124. The van der Waals surface area contributed by atoms with Gasteiger partial charge < -0.3 is 4.74 Å². The van der Waals surface area contributed by atoms with Crippen LogP contribution in [-0.4, -0.2) is 41.1 Å². The Morgan fingerprint density at radius 1 is 1.75 bits per heavy atom. The van der Waals surface area contributed by atoms with Gasteiger partial charge in [0.05, 0.1) is 5.75 Å². The van der Waals surface area contributed by atoms with Crippen LogP contribution in [0.5, 0.6) is 0 Å². The summed E-state index contributed by atoms with van der Waals surface area (Å²) < 4.78 is 5.59. The van der Waals surface area contributed by atoms with E-state index in [1.54, 1.807) is 12.0 Å². The fourth-order valence-electron chi connectivity index (χ4n) is 0.964. The van der Waals surface area contributed by atoms with E-state index in [1.807, 2.05) is 0 Å². The van der Waals surface area contributed by atoms with Gasteiger partial charge in [-0.1, -0.05) is 24.0 Å². The Morgan fingerprint density at radius 2 is 2.50 bits per heavy atom. The maximum absolute atomic E-state index is 11.2. The largest absolute Gasteiger partial charge is 0.385 e. The van der Waals surface area contributed by atoms with Gasteiger partial charge in [-0.05, 0) is 6.42 Å². The second kappa shape index (κ2) is 4.79. The van der Waals surface area contributed by atoms with Crippen LogP contribution in [0, 0.1) is 0 Å². The Balaban J connectivity index is 2.30. The molecule has 5 heteroatoms. The van der Waals surface area contributed by atoms with Gasteiger partial charge in [0.2, 0.25) is 5.91 Å². The van der Waals surface area contributed by atoms with E-state index in [4.69, 9.17) is 17.0 Å². The van der Waals surface area contributed by atoms with Crippen molar-refractivity contribution in [3.05, 3.63) is 0 Å². The van der Waals surface area contributed by atoms with E-state index in [1.165, 1.54) is 11.8 Å². The van der Waals surface area contributed by atoms with E-state index in [9.17, 15) is 4.79 Å². The van der Waals surface area contributed by atoms with Crippen LogP contribution in [0.4, 0.5) is 0 Å². The Hall–Kier alpha value is -0.130. The molecule has 0 aromatic rings. The number of hydrogen-bond acceptors (Lipinski definition) is 4. The van der Waals surface area contributed by atoms with E-state index in [2.05, 4.69) is 0 Å². The molecular weight excluding hydrogens is 194 g/mol. The molecule has 12 heavy (non-hydrogen) atoms. The van der Waals surface area contributed by atoms with Crippen LogP contribution in [0.15, 0.2) is 0 Å². The van der Waals surface area contributed by atoms with Crippen molar-refractivity contribution >= 4 is 34.2 Å². The summed E-state index contributed by atoms with van der Waals surface area (Å²) >= 11 is 6.43. The molecule has 0 radical (unpaired) electrons. The molecule has 3 nitrogen and oxygen atoms in total. The average Bonchev–Trinajstić information content (AvgIpc) is 2.35. The highest BCUT2D eigenvalue weighted by atomic mass is 32.2. The number of carbonyl (C=O) groups is 1. The van der Waals surface area contributed by atoms with Crippen LogP contribution in [0.2, 0.25) is 0 Å². The number of methoxy groups -OCH3 is 1. The lowest BCUT2D eigenvalue weighted by atomic mass is 10.4. The molecule has 0 aliphatic carbocycles. The van der Waals surface area contributed by atoms with Crippen molar-refractivity contribution < 1.29 is 9.53 Å². The number of carbonyl (C=O) groups excluding carboxylic acids is 1. The molecule has 0 bridgehead atoms. The van der Waals surface area contributed by atoms with E-state index >= 15 is 0 Å². The standard InChI is InChI=1S/C7H11NO2S2/c1-10-4-2-3-8-6(9)5-12-7(8)11/h2-5H2,1H3. The number of hydrogen-bond donors (Lipinski definition) is 0. The summed E-state index contributed by atoms with van der Waals surface area (Å²) in [5.74, 6) is 0.632. The third-order valence-corrected chi connectivity index (χ3v) is 3.00. The van der Waals surface area contributed by atoms with Crippen molar-refractivity contribution in [2.75, 3.05) is 26.0 Å². The predicted octanol–water partition coefficient (Wildman–Crippen LogP) is 0.883. The van der Waals surface area contributed by atoms with Gasteiger partial charge in [-0.15, -0.1) is 0 Å². The van der Waals surface area contributed by atoms with Gasteiger partial charge in [-0.3, -0.25) is 9.69 Å². The molecule has 0 N–H and O–H groups in total. The van der Waals surface area contributed by atoms with E-state index in [-0.39, 0.29) is 5.91 Å². The molecule has 0 unspecified atom stereocenters. The van der Waals surface area contributed by atoms with Crippen LogP contribution in [-0.2, 0) is 9.53 Å². The van der Waals surface area contributed by atoms with E-state index in [0.29, 0.717) is 23.2 Å². The predicted molar refractivity (Wildman–Crippen MR) is 53.3 cm³/mol. The topological polar surface area (TPSA) is 29.5 Å². The fraction of sp³-hybridized carbons (Fsp3) is 0.714. The third-order valence-electron chi connectivity index (χ3n) is 1.57. The summed E-state index contributed by atoms with van der Waals surface area (Å²) in [4.78, 5) is 12.8. The Bertz CT molecular complexity index is 180. The van der Waals surface area contributed by atoms with Crippen molar-refractivity contribution in [2.24, 2.45) is 0 Å². The van der Waals surface area contributed by atoms with Gasteiger partial charge in [0, 0.05) is 20.3 Å². The Kier molecular flexibility index (Phi) is 3.97. The zero-order chi connectivity index (χ0) is 8.97. The molecule has 68 valence electrons. The highest BCUT2D eigenvalue weighted by Gasteiger charge is 2.25. The highest BCUT2D eigenvalue weighted by Crippen LogP contribution is 2.18. The maximum atomic E-state index is 11.2. The molecule has 0 aromatic carbocycles. The normalized spacial score (nSPS) is 17.6. The summed E-state index contributed by atoms with van der Waals surface area (Å²) in [5.41, 5.74) is 0. The summed E-state index contributed by atoms with van der Waals surface area (Å²) in [7, 11) is 1.65. The number of nitrogens with zero attached hydrogens (tertiary/aromatic N) is 1. The van der Waals surface area contributed by atoms with Crippen molar-refractivity contribution in [1.29, 1.82) is 0 Å². The molecule has 0 atom stereocenters. The average molecular weight is 205 g/mol. The van der Waals surface area contributed by atoms with Gasteiger partial charge in [-0.25, -0.2) is 0 Å². The molecule has 0 saturated carbocycles. The summed E-state index contributed by atoms with van der Waals surface area (Å²) in [6, 6.07) is 0. The van der Waals surface area contributed by atoms with Crippen molar-refractivity contribution in [3.63, 3.8) is 0 Å². The first kappa shape index (κ1) is 9.95. The highest BCUT2D eigenvalue weighted by molar-refractivity contribution is 8.23. The summed E-state index contributed by atoms with van der Waals surface area (Å²) in [6.45, 7) is 1.37. The molecule has 0 spiro atoms. The number of thiocarbonyl (C=S) groups is 1. The Morgan fingerprint density at radius 3 is 3.00 bits per heavy atom. The van der Waals surface area contributed by atoms with Gasteiger partial charge in [0.25, 0.3) is 0 Å². The molecule has 1 rings (SSSR count). The molecule has 1 heterocycles. The smallest absolute Gasteiger partial charge is 0.238 e. The van der Waals surface area contributed by atoms with Crippen LogP contribution in [0.25, 0.3) is 0 Å². The second-order valence-electron chi connectivity index (χ2n) is 2.45. The molecule has 1 aliphatic heterocycles. The Labute approximate surface area is 81.4 Å². The lowest BCUT2D eigenvalue weighted by Gasteiger charge is -2.13. The van der Waals surface area contributed by atoms with Crippen LogP contribution >= 0.6 is 24.0 Å². The number of ether oxygens (including phenoxy) is 1. The number of thioether (sulfide) groups is 1. The zero-order valence-corrected chi connectivity index (χ0v) is 8.54. The molecule has 1 amide bonds. The van der Waals surface area contributed by atoms with Crippen molar-refractivity contribution in [1.82, 2.24) is 4.90 Å². The number of rotatable bonds is 4. The van der Waals surface area contributed by atoms with Crippen LogP contribution in [0.3, 0.4) is 0 Å². The van der Waals surface area contributed by atoms with Crippen molar-refractivity contribution in [3.8, 4) is 0 Å². The molecule has 1 fully saturated rings. The minimum Gasteiger partial charge on any atom is -0.385 e. The molecule has 1 saturated heterocycles. The first-order valence-electron chi connectivity index (χ1n) is 3.71. The quantitative estimate of drug-likeness (QED) is 0.503. The van der Waals surface area contributed by atoms with Gasteiger partial charge in [-0.2, -0.15) is 0 Å². The second-order valence-corrected chi connectivity index (χ2v) is 4.06. The van der Waals surface area contributed by atoms with Gasteiger partial charge in [0.15, 0.2) is 0 Å². The monoisotopic (exact) mass is 205 g/mol. The van der Waals surface area contributed by atoms with Crippen LogP contribution < -0.4 is 0 Å².